The van der Waals surface area contributed by atoms with Crippen molar-refractivity contribution in [3.05, 3.63) is 17.5 Å². The average molecular weight is 296 g/mol. The second-order valence-electron chi connectivity index (χ2n) is 4.33. The summed E-state index contributed by atoms with van der Waals surface area (Å²) in [6.45, 7) is 2.80. The Morgan fingerprint density at radius 2 is 2.05 bits per heavy atom. The van der Waals surface area contributed by atoms with E-state index >= 15 is 0 Å². The van der Waals surface area contributed by atoms with Gasteiger partial charge in [-0.25, -0.2) is 0 Å². The van der Waals surface area contributed by atoms with Crippen molar-refractivity contribution in [3.63, 3.8) is 0 Å². The highest BCUT2D eigenvalue weighted by Gasteiger charge is 2.16. The monoisotopic (exact) mass is 295 g/mol. The smallest absolute Gasteiger partial charge is 0.234 e. The van der Waals surface area contributed by atoms with Crippen LogP contribution in [0.3, 0.4) is 0 Å². The maximum Gasteiger partial charge on any atom is 0.234 e. The largest absolute Gasteiger partial charge is 0.378 e. The summed E-state index contributed by atoms with van der Waals surface area (Å²) >= 11 is 5.95. The molecule has 2 aromatic heterocycles. The molecular formula is C11H14ClN7O. The lowest BCUT2D eigenvalue weighted by Crippen LogP contribution is -2.37. The molecule has 0 saturated carbocycles. The van der Waals surface area contributed by atoms with Crippen molar-refractivity contribution in [2.24, 2.45) is 7.05 Å². The van der Waals surface area contributed by atoms with Crippen LogP contribution in [0.25, 0.3) is 0 Å². The van der Waals surface area contributed by atoms with Crippen LogP contribution >= 0.6 is 11.6 Å². The molecule has 0 atom stereocenters. The van der Waals surface area contributed by atoms with Crippen molar-refractivity contribution >= 4 is 29.3 Å². The van der Waals surface area contributed by atoms with Gasteiger partial charge in [-0.05, 0) is 11.6 Å². The summed E-state index contributed by atoms with van der Waals surface area (Å²) in [6, 6.07) is 1.83. The molecule has 0 unspecified atom stereocenters. The maximum atomic E-state index is 5.95. The molecule has 1 N–H and O–H groups in total. The van der Waals surface area contributed by atoms with Gasteiger partial charge in [-0.2, -0.15) is 20.1 Å². The molecule has 1 aliphatic heterocycles. The second-order valence-corrected chi connectivity index (χ2v) is 4.67. The van der Waals surface area contributed by atoms with Crippen LogP contribution in [0, 0.1) is 0 Å². The molecule has 0 radical (unpaired) electrons. The number of ether oxygens (including phenoxy) is 1. The first kappa shape index (κ1) is 13.1. The van der Waals surface area contributed by atoms with Gasteiger partial charge in [0.05, 0.1) is 13.2 Å². The van der Waals surface area contributed by atoms with Crippen molar-refractivity contribution in [3.8, 4) is 0 Å². The fourth-order valence-corrected chi connectivity index (χ4v) is 2.05. The van der Waals surface area contributed by atoms with Crippen LogP contribution in [0.2, 0.25) is 5.28 Å². The number of hydrogen-bond donors (Lipinski definition) is 1. The van der Waals surface area contributed by atoms with E-state index in [1.165, 1.54) is 0 Å². The van der Waals surface area contributed by atoms with E-state index in [0.29, 0.717) is 30.9 Å². The van der Waals surface area contributed by atoms with Crippen LogP contribution in [0.4, 0.5) is 17.7 Å². The summed E-state index contributed by atoms with van der Waals surface area (Å²) in [4.78, 5) is 14.6. The summed E-state index contributed by atoms with van der Waals surface area (Å²) in [5.74, 6) is 1.58. The first-order valence-electron chi connectivity index (χ1n) is 6.22. The van der Waals surface area contributed by atoms with Crippen molar-refractivity contribution in [2.75, 3.05) is 36.5 Å². The molecule has 0 amide bonds. The zero-order chi connectivity index (χ0) is 13.9. The van der Waals surface area contributed by atoms with Gasteiger partial charge in [0.25, 0.3) is 0 Å². The predicted molar refractivity (Wildman–Crippen MR) is 74.4 cm³/mol. The fourth-order valence-electron chi connectivity index (χ4n) is 1.90. The number of hydrogen-bond acceptors (Lipinski definition) is 7. The zero-order valence-electron chi connectivity index (χ0n) is 11.0. The Kier molecular flexibility index (Phi) is 3.66. The minimum atomic E-state index is 0.153. The molecule has 9 heteroatoms. The Bertz CT molecular complexity index is 596. The van der Waals surface area contributed by atoms with Crippen LogP contribution in [-0.4, -0.2) is 51.0 Å². The summed E-state index contributed by atoms with van der Waals surface area (Å²) in [7, 11) is 1.84. The van der Waals surface area contributed by atoms with Crippen LogP contribution in [0.15, 0.2) is 12.3 Å². The molecule has 3 rings (SSSR count). The number of aryl methyl sites for hydroxylation is 1. The Labute approximate surface area is 120 Å². The Morgan fingerprint density at radius 3 is 2.75 bits per heavy atom. The first-order valence-corrected chi connectivity index (χ1v) is 6.59. The van der Waals surface area contributed by atoms with Crippen LogP contribution in [-0.2, 0) is 11.8 Å². The summed E-state index contributed by atoms with van der Waals surface area (Å²) in [5.41, 5.74) is 0. The predicted octanol–water partition coefficient (Wildman–Crippen LogP) is 0.839. The van der Waals surface area contributed by atoms with E-state index in [2.05, 4.69) is 25.4 Å². The van der Waals surface area contributed by atoms with Crippen molar-refractivity contribution in [1.82, 2.24) is 24.7 Å². The van der Waals surface area contributed by atoms with Gasteiger partial charge in [0.1, 0.15) is 0 Å². The quantitative estimate of drug-likeness (QED) is 0.898. The topological polar surface area (TPSA) is 81.0 Å². The molecule has 2 aromatic rings. The van der Waals surface area contributed by atoms with Gasteiger partial charge >= 0.3 is 0 Å². The van der Waals surface area contributed by atoms with Gasteiger partial charge < -0.3 is 15.0 Å². The van der Waals surface area contributed by atoms with E-state index in [1.807, 2.05) is 24.2 Å². The van der Waals surface area contributed by atoms with Gasteiger partial charge in [0, 0.05) is 32.4 Å². The van der Waals surface area contributed by atoms with Gasteiger partial charge in [-0.3, -0.25) is 4.68 Å². The molecule has 0 aromatic carbocycles. The van der Waals surface area contributed by atoms with Crippen molar-refractivity contribution in [1.29, 1.82) is 0 Å². The van der Waals surface area contributed by atoms with Gasteiger partial charge in [0.15, 0.2) is 5.82 Å². The van der Waals surface area contributed by atoms with Gasteiger partial charge in [-0.15, -0.1) is 0 Å². The lowest BCUT2D eigenvalue weighted by molar-refractivity contribution is 0.122. The standard InChI is InChI=1S/C11H14ClN7O/c1-18-3-2-8(17-18)13-10-14-9(12)15-11(16-10)19-4-6-20-7-5-19/h2-3H,4-7H2,1H3,(H,13,14,15,16,17). The highest BCUT2D eigenvalue weighted by molar-refractivity contribution is 6.28. The lowest BCUT2D eigenvalue weighted by atomic mass is 10.4. The summed E-state index contributed by atoms with van der Waals surface area (Å²) in [6.07, 6.45) is 1.83. The molecule has 0 spiro atoms. The minimum Gasteiger partial charge on any atom is -0.378 e. The minimum absolute atomic E-state index is 0.153. The van der Waals surface area contributed by atoms with E-state index in [1.54, 1.807) is 4.68 Å². The number of halogens is 1. The highest BCUT2D eigenvalue weighted by atomic mass is 35.5. The zero-order valence-corrected chi connectivity index (χ0v) is 11.7. The number of aromatic nitrogens is 5. The van der Waals surface area contributed by atoms with E-state index in [0.717, 1.165) is 13.1 Å². The van der Waals surface area contributed by atoms with E-state index in [-0.39, 0.29) is 5.28 Å². The van der Waals surface area contributed by atoms with Gasteiger partial charge in [-0.1, -0.05) is 0 Å². The summed E-state index contributed by atoms with van der Waals surface area (Å²) < 4.78 is 6.99. The van der Waals surface area contributed by atoms with E-state index in [4.69, 9.17) is 16.3 Å². The Balaban J connectivity index is 1.82. The van der Waals surface area contributed by atoms with Crippen LogP contribution in [0.5, 0.6) is 0 Å². The highest BCUT2D eigenvalue weighted by Crippen LogP contribution is 2.17. The molecule has 3 heterocycles. The van der Waals surface area contributed by atoms with Crippen molar-refractivity contribution in [2.45, 2.75) is 0 Å². The third kappa shape index (κ3) is 2.97. The number of morpholine rings is 1. The Morgan fingerprint density at radius 1 is 1.25 bits per heavy atom. The third-order valence-electron chi connectivity index (χ3n) is 2.84. The fraction of sp³-hybridized carbons (Fsp3) is 0.455. The normalized spacial score (nSPS) is 15.4. The van der Waals surface area contributed by atoms with Gasteiger partial charge in [0.2, 0.25) is 17.2 Å². The lowest BCUT2D eigenvalue weighted by Gasteiger charge is -2.26. The molecule has 1 fully saturated rings. The first-order chi connectivity index (χ1) is 9.70. The third-order valence-corrected chi connectivity index (χ3v) is 3.01. The second kappa shape index (κ2) is 5.59. The molecule has 0 aliphatic carbocycles. The molecule has 8 nitrogen and oxygen atoms in total. The number of rotatable bonds is 3. The summed E-state index contributed by atoms with van der Waals surface area (Å²) in [5, 5.41) is 7.37. The molecule has 106 valence electrons. The Hall–Kier alpha value is -1.93. The van der Waals surface area contributed by atoms with Crippen LogP contribution in [0.1, 0.15) is 0 Å². The van der Waals surface area contributed by atoms with E-state index in [9.17, 15) is 0 Å². The molecule has 1 saturated heterocycles. The number of nitrogens with zero attached hydrogens (tertiary/aromatic N) is 6. The number of anilines is 3. The average Bonchev–Trinajstić information content (AvgIpc) is 2.84. The molecule has 20 heavy (non-hydrogen) atoms. The van der Waals surface area contributed by atoms with Crippen LogP contribution < -0.4 is 10.2 Å². The van der Waals surface area contributed by atoms with E-state index < -0.39 is 0 Å². The molecule has 1 aliphatic rings. The van der Waals surface area contributed by atoms with Crippen molar-refractivity contribution < 1.29 is 4.74 Å². The SMILES string of the molecule is Cn1ccc(Nc2nc(Cl)nc(N3CCOCC3)n2)n1. The maximum absolute atomic E-state index is 5.95. The molecule has 0 bridgehead atoms. The number of nitrogens with one attached hydrogen (secondary N) is 1. The molecular weight excluding hydrogens is 282 g/mol.